The third-order valence-corrected chi connectivity index (χ3v) is 5.52. The Balaban J connectivity index is 2.68. The summed E-state index contributed by atoms with van der Waals surface area (Å²) in [6.45, 7) is 9.46. The van der Waals surface area contributed by atoms with Crippen LogP contribution < -0.4 is 10.1 Å². The highest BCUT2D eigenvalue weighted by molar-refractivity contribution is 9.10. The number of benzene rings is 1. The predicted octanol–water partition coefficient (Wildman–Crippen LogP) is 5.14. The van der Waals surface area contributed by atoms with Gasteiger partial charge in [0.05, 0.1) is 13.2 Å². The first-order valence-corrected chi connectivity index (χ1v) is 8.84. The molecule has 0 aliphatic carbocycles. The summed E-state index contributed by atoms with van der Waals surface area (Å²) in [6, 6.07) is 2.29. The fraction of sp³-hybridized carbons (Fsp3) is 0.412. The van der Waals surface area contributed by atoms with Crippen LogP contribution in [-0.4, -0.2) is 13.7 Å². The van der Waals surface area contributed by atoms with Crippen molar-refractivity contribution >= 4 is 27.3 Å². The van der Waals surface area contributed by atoms with Crippen LogP contribution in [-0.2, 0) is 0 Å². The molecule has 1 unspecified atom stereocenters. The second kappa shape index (κ2) is 6.95. The summed E-state index contributed by atoms with van der Waals surface area (Å²) in [6.07, 6.45) is 0. The number of hydrogen-bond donors (Lipinski definition) is 1. The molecule has 0 bridgehead atoms. The molecule has 1 N–H and O–H groups in total. The average Bonchev–Trinajstić information content (AvgIpc) is 2.86. The molecule has 0 aliphatic heterocycles. The Bertz CT molecular complexity index is 636. The molecular weight excluding hydrogens is 346 g/mol. The van der Waals surface area contributed by atoms with Crippen LogP contribution in [0.2, 0.25) is 0 Å². The molecule has 0 saturated carbocycles. The van der Waals surface area contributed by atoms with Crippen molar-refractivity contribution in [3.8, 4) is 5.75 Å². The number of nitrogens with one attached hydrogen (secondary N) is 1. The van der Waals surface area contributed by atoms with Gasteiger partial charge in [-0.3, -0.25) is 0 Å². The minimum absolute atomic E-state index is 0.160. The first-order chi connectivity index (χ1) is 10.0. The monoisotopic (exact) mass is 367 g/mol. The molecular formula is C17H22BrNOS. The number of ether oxygens (including phenoxy) is 1. The number of methoxy groups -OCH3 is 1. The Morgan fingerprint density at radius 2 is 1.95 bits per heavy atom. The van der Waals surface area contributed by atoms with E-state index in [1.807, 2.05) is 0 Å². The van der Waals surface area contributed by atoms with Crippen molar-refractivity contribution in [1.82, 2.24) is 5.32 Å². The number of rotatable bonds is 5. The van der Waals surface area contributed by atoms with Crippen molar-refractivity contribution in [3.63, 3.8) is 0 Å². The van der Waals surface area contributed by atoms with Gasteiger partial charge in [0.2, 0.25) is 0 Å². The van der Waals surface area contributed by atoms with Crippen LogP contribution in [0.4, 0.5) is 0 Å². The van der Waals surface area contributed by atoms with E-state index in [1.54, 1.807) is 18.4 Å². The summed E-state index contributed by atoms with van der Waals surface area (Å²) < 4.78 is 6.85. The lowest BCUT2D eigenvalue weighted by atomic mass is 9.92. The molecule has 0 radical (unpaired) electrons. The predicted molar refractivity (Wildman–Crippen MR) is 94.7 cm³/mol. The van der Waals surface area contributed by atoms with Crippen molar-refractivity contribution in [1.29, 1.82) is 0 Å². The largest absolute Gasteiger partial charge is 0.496 e. The fourth-order valence-electron chi connectivity index (χ4n) is 2.73. The molecule has 0 aliphatic rings. The van der Waals surface area contributed by atoms with Crippen molar-refractivity contribution in [2.75, 3.05) is 13.7 Å². The normalized spacial score (nSPS) is 12.5. The van der Waals surface area contributed by atoms with Gasteiger partial charge in [-0.2, -0.15) is 11.3 Å². The van der Waals surface area contributed by atoms with Gasteiger partial charge in [-0.25, -0.2) is 0 Å². The van der Waals surface area contributed by atoms with Gasteiger partial charge >= 0.3 is 0 Å². The molecule has 0 fully saturated rings. The maximum atomic E-state index is 5.72. The second-order valence-electron chi connectivity index (χ2n) is 5.25. The molecule has 1 aromatic heterocycles. The van der Waals surface area contributed by atoms with E-state index in [1.165, 1.54) is 22.3 Å². The zero-order valence-electron chi connectivity index (χ0n) is 13.2. The molecule has 0 amide bonds. The third kappa shape index (κ3) is 3.17. The summed E-state index contributed by atoms with van der Waals surface area (Å²) >= 11 is 5.43. The molecule has 1 heterocycles. The van der Waals surface area contributed by atoms with Crippen molar-refractivity contribution in [2.45, 2.75) is 33.7 Å². The fourth-order valence-corrected chi connectivity index (χ4v) is 4.17. The highest BCUT2D eigenvalue weighted by Gasteiger charge is 2.24. The highest BCUT2D eigenvalue weighted by Crippen LogP contribution is 2.40. The van der Waals surface area contributed by atoms with Crippen LogP contribution in [0.3, 0.4) is 0 Å². The SMILES string of the molecule is CCNC(c1cscc1C)c1c(C)c(Br)cc(C)c1OC. The Hall–Kier alpha value is -0.840. The van der Waals surface area contributed by atoms with Gasteiger partial charge in [0.25, 0.3) is 0 Å². The Morgan fingerprint density at radius 1 is 1.24 bits per heavy atom. The number of halogens is 1. The van der Waals surface area contributed by atoms with Crippen LogP contribution in [0.1, 0.15) is 40.8 Å². The second-order valence-corrected chi connectivity index (χ2v) is 6.85. The van der Waals surface area contributed by atoms with Crippen LogP contribution in [0.5, 0.6) is 5.75 Å². The minimum Gasteiger partial charge on any atom is -0.496 e. The summed E-state index contributed by atoms with van der Waals surface area (Å²) in [5, 5.41) is 8.05. The first-order valence-electron chi connectivity index (χ1n) is 7.10. The van der Waals surface area contributed by atoms with Gasteiger partial charge in [0, 0.05) is 10.0 Å². The summed E-state index contributed by atoms with van der Waals surface area (Å²) in [7, 11) is 1.75. The van der Waals surface area contributed by atoms with E-state index in [2.05, 4.69) is 65.8 Å². The zero-order valence-corrected chi connectivity index (χ0v) is 15.6. The quantitative estimate of drug-likeness (QED) is 0.789. The van der Waals surface area contributed by atoms with Crippen molar-refractivity contribution < 1.29 is 4.74 Å². The molecule has 2 nitrogen and oxygen atoms in total. The lowest BCUT2D eigenvalue weighted by Crippen LogP contribution is -2.24. The molecule has 2 aromatic rings. The van der Waals surface area contributed by atoms with E-state index < -0.39 is 0 Å². The lowest BCUT2D eigenvalue weighted by Gasteiger charge is -2.25. The molecule has 0 spiro atoms. The number of thiophene rings is 1. The van der Waals surface area contributed by atoms with E-state index in [0.717, 1.165) is 22.3 Å². The smallest absolute Gasteiger partial charge is 0.127 e. The topological polar surface area (TPSA) is 21.3 Å². The van der Waals surface area contributed by atoms with Gasteiger partial charge < -0.3 is 10.1 Å². The van der Waals surface area contributed by atoms with E-state index >= 15 is 0 Å². The molecule has 1 aromatic carbocycles. The van der Waals surface area contributed by atoms with Crippen LogP contribution in [0.25, 0.3) is 0 Å². The maximum absolute atomic E-state index is 5.72. The summed E-state index contributed by atoms with van der Waals surface area (Å²) in [5.41, 5.74) is 6.27. The van der Waals surface area contributed by atoms with Gasteiger partial charge in [-0.15, -0.1) is 0 Å². The van der Waals surface area contributed by atoms with Crippen molar-refractivity contribution in [2.24, 2.45) is 0 Å². The van der Waals surface area contributed by atoms with Gasteiger partial charge in [-0.1, -0.05) is 22.9 Å². The minimum atomic E-state index is 0.160. The van der Waals surface area contributed by atoms with E-state index in [9.17, 15) is 0 Å². The van der Waals surface area contributed by atoms with Crippen LogP contribution >= 0.6 is 27.3 Å². The van der Waals surface area contributed by atoms with Gasteiger partial charge in [0.1, 0.15) is 5.75 Å². The summed E-state index contributed by atoms with van der Waals surface area (Å²) in [5.74, 6) is 0.979. The molecule has 0 saturated heterocycles. The number of hydrogen-bond acceptors (Lipinski definition) is 3. The zero-order chi connectivity index (χ0) is 15.6. The van der Waals surface area contributed by atoms with Crippen LogP contribution in [0, 0.1) is 20.8 Å². The van der Waals surface area contributed by atoms with Gasteiger partial charge in [-0.05, 0) is 66.4 Å². The summed E-state index contributed by atoms with van der Waals surface area (Å²) in [4.78, 5) is 0. The molecule has 114 valence electrons. The Morgan fingerprint density at radius 3 is 2.48 bits per heavy atom. The lowest BCUT2D eigenvalue weighted by molar-refractivity contribution is 0.400. The molecule has 2 rings (SSSR count). The highest BCUT2D eigenvalue weighted by atomic mass is 79.9. The number of aryl methyl sites for hydroxylation is 2. The first kappa shape index (κ1) is 16.5. The Labute approximate surface area is 139 Å². The maximum Gasteiger partial charge on any atom is 0.127 e. The van der Waals surface area contributed by atoms with Gasteiger partial charge in [0.15, 0.2) is 0 Å². The van der Waals surface area contributed by atoms with E-state index in [-0.39, 0.29) is 6.04 Å². The third-order valence-electron chi connectivity index (χ3n) is 3.82. The van der Waals surface area contributed by atoms with E-state index in [4.69, 9.17) is 4.74 Å². The van der Waals surface area contributed by atoms with Crippen molar-refractivity contribution in [3.05, 3.63) is 49.1 Å². The Kier molecular flexibility index (Phi) is 5.47. The van der Waals surface area contributed by atoms with Crippen LogP contribution in [0.15, 0.2) is 21.3 Å². The van der Waals surface area contributed by atoms with E-state index in [0.29, 0.717) is 0 Å². The molecule has 4 heteroatoms. The molecule has 1 atom stereocenters. The molecule has 21 heavy (non-hydrogen) atoms. The standard InChI is InChI=1S/C17H22BrNOS/c1-6-19-16(13-9-21-8-11(13)3)15-12(4)14(18)7-10(2)17(15)20-5/h7-9,16,19H,6H2,1-5H3. The average molecular weight is 368 g/mol.